The van der Waals surface area contributed by atoms with E-state index in [-0.39, 0.29) is 11.9 Å². The lowest BCUT2D eigenvalue weighted by molar-refractivity contribution is 0.534. The van der Waals surface area contributed by atoms with Crippen LogP contribution in [0.5, 0.6) is 0 Å². The van der Waals surface area contributed by atoms with Crippen LogP contribution in [0.25, 0.3) is 0 Å². The van der Waals surface area contributed by atoms with Gasteiger partial charge in [0.25, 0.3) is 0 Å². The zero-order valence-electron chi connectivity index (χ0n) is 8.56. The molecular formula is C11H14BrClFN. The van der Waals surface area contributed by atoms with Gasteiger partial charge in [-0.3, -0.25) is 0 Å². The van der Waals surface area contributed by atoms with Crippen molar-refractivity contribution in [3.05, 3.63) is 34.1 Å². The maximum atomic E-state index is 13.2. The number of halogens is 3. The van der Waals surface area contributed by atoms with Crippen LogP contribution in [-0.4, -0.2) is 11.9 Å². The van der Waals surface area contributed by atoms with Gasteiger partial charge >= 0.3 is 0 Å². The van der Waals surface area contributed by atoms with Gasteiger partial charge in [0.15, 0.2) is 0 Å². The van der Waals surface area contributed by atoms with E-state index in [9.17, 15) is 4.39 Å². The lowest BCUT2D eigenvalue weighted by atomic mass is 10.2. The Balaban J connectivity index is 2.61. The molecule has 0 spiro atoms. The van der Waals surface area contributed by atoms with Crippen molar-refractivity contribution in [1.29, 1.82) is 0 Å². The Hall–Kier alpha value is -0.120. The van der Waals surface area contributed by atoms with Crippen LogP contribution in [0.4, 0.5) is 4.39 Å². The van der Waals surface area contributed by atoms with Crippen LogP contribution >= 0.6 is 27.5 Å². The third-order valence-electron chi connectivity index (χ3n) is 2.29. The highest BCUT2D eigenvalue weighted by molar-refractivity contribution is 9.10. The summed E-state index contributed by atoms with van der Waals surface area (Å²) in [5, 5.41) is 3.27. The van der Waals surface area contributed by atoms with Gasteiger partial charge in [0, 0.05) is 18.5 Å². The van der Waals surface area contributed by atoms with Crippen molar-refractivity contribution in [3.8, 4) is 0 Å². The molecule has 0 aliphatic heterocycles. The Morgan fingerprint density at radius 1 is 1.53 bits per heavy atom. The summed E-state index contributed by atoms with van der Waals surface area (Å²) < 4.78 is 13.7. The lowest BCUT2D eigenvalue weighted by Gasteiger charge is -2.14. The normalized spacial score (nSPS) is 12.8. The molecular weight excluding hydrogens is 280 g/mol. The van der Waals surface area contributed by atoms with Crippen molar-refractivity contribution in [1.82, 2.24) is 5.32 Å². The summed E-state index contributed by atoms with van der Waals surface area (Å²) in [5.74, 6) is 0.344. The molecule has 0 aliphatic rings. The van der Waals surface area contributed by atoms with E-state index >= 15 is 0 Å². The summed E-state index contributed by atoms with van der Waals surface area (Å²) in [6, 6.07) is 5.31. The number of hydrogen-bond acceptors (Lipinski definition) is 1. The predicted molar refractivity (Wildman–Crippen MR) is 65.7 cm³/mol. The maximum absolute atomic E-state index is 13.2. The maximum Gasteiger partial charge on any atom is 0.137 e. The highest BCUT2D eigenvalue weighted by Crippen LogP contribution is 2.20. The molecule has 1 aromatic carbocycles. The molecule has 15 heavy (non-hydrogen) atoms. The van der Waals surface area contributed by atoms with Crippen LogP contribution in [0.15, 0.2) is 22.7 Å². The third-order valence-corrected chi connectivity index (χ3v) is 3.55. The summed E-state index contributed by atoms with van der Waals surface area (Å²) in [4.78, 5) is 0. The van der Waals surface area contributed by atoms with Gasteiger partial charge in [-0.25, -0.2) is 4.39 Å². The van der Waals surface area contributed by atoms with E-state index < -0.39 is 0 Å². The van der Waals surface area contributed by atoms with Gasteiger partial charge in [0.05, 0.1) is 4.47 Å². The molecule has 84 valence electrons. The van der Waals surface area contributed by atoms with Crippen molar-refractivity contribution >= 4 is 27.5 Å². The van der Waals surface area contributed by atoms with Crippen molar-refractivity contribution in [2.75, 3.05) is 5.88 Å². The minimum Gasteiger partial charge on any atom is -0.309 e. The van der Waals surface area contributed by atoms with Gasteiger partial charge in [-0.2, -0.15) is 0 Å². The van der Waals surface area contributed by atoms with Crippen molar-refractivity contribution in [2.24, 2.45) is 0 Å². The fourth-order valence-electron chi connectivity index (χ4n) is 1.25. The van der Waals surface area contributed by atoms with Crippen LogP contribution in [0.2, 0.25) is 0 Å². The first-order valence-electron chi connectivity index (χ1n) is 4.91. The smallest absolute Gasteiger partial charge is 0.137 e. The molecule has 1 atom stereocenters. The van der Waals surface area contributed by atoms with Gasteiger partial charge in [-0.15, -0.1) is 11.6 Å². The molecule has 0 aliphatic carbocycles. The van der Waals surface area contributed by atoms with E-state index in [1.807, 2.05) is 6.07 Å². The Bertz CT molecular complexity index is 315. The molecule has 0 amide bonds. The molecule has 0 aromatic heterocycles. The predicted octanol–water partition coefficient (Wildman–Crippen LogP) is 3.70. The first-order valence-corrected chi connectivity index (χ1v) is 6.24. The highest BCUT2D eigenvalue weighted by atomic mass is 79.9. The van der Waals surface area contributed by atoms with E-state index in [1.54, 1.807) is 6.07 Å². The Morgan fingerprint density at radius 3 is 2.87 bits per heavy atom. The number of nitrogens with one attached hydrogen (secondary N) is 1. The fraction of sp³-hybridized carbons (Fsp3) is 0.455. The molecule has 0 heterocycles. The Labute approximate surface area is 103 Å². The summed E-state index contributed by atoms with van der Waals surface area (Å²) in [5.41, 5.74) is 0.915. The number of hydrogen-bond donors (Lipinski definition) is 1. The summed E-state index contributed by atoms with van der Waals surface area (Å²) in [7, 11) is 0. The number of benzene rings is 1. The van der Waals surface area contributed by atoms with Crippen molar-refractivity contribution < 1.29 is 4.39 Å². The van der Waals surface area contributed by atoms with Crippen molar-refractivity contribution in [3.63, 3.8) is 0 Å². The highest BCUT2D eigenvalue weighted by Gasteiger charge is 2.07. The topological polar surface area (TPSA) is 12.0 Å². The monoisotopic (exact) mass is 293 g/mol. The first kappa shape index (κ1) is 12.9. The zero-order valence-corrected chi connectivity index (χ0v) is 10.9. The third kappa shape index (κ3) is 3.74. The average Bonchev–Trinajstić information content (AvgIpc) is 2.25. The molecule has 4 heteroatoms. The fourth-order valence-corrected chi connectivity index (χ4v) is 1.98. The molecule has 1 nitrogen and oxygen atoms in total. The van der Waals surface area contributed by atoms with Gasteiger partial charge in [0.1, 0.15) is 5.82 Å². The minimum atomic E-state index is -0.228. The average molecular weight is 295 g/mol. The van der Waals surface area contributed by atoms with E-state index in [1.165, 1.54) is 6.07 Å². The van der Waals surface area contributed by atoms with Crippen LogP contribution in [0.1, 0.15) is 18.9 Å². The molecule has 1 aromatic rings. The quantitative estimate of drug-likeness (QED) is 0.817. The largest absolute Gasteiger partial charge is 0.309 e. The molecule has 1 rings (SSSR count). The number of alkyl halides is 1. The Morgan fingerprint density at radius 2 is 2.27 bits per heavy atom. The second kappa shape index (κ2) is 6.46. The Kier molecular flexibility index (Phi) is 5.58. The molecule has 0 saturated heterocycles. The molecule has 0 bridgehead atoms. The minimum absolute atomic E-state index is 0.228. The van der Waals surface area contributed by atoms with Gasteiger partial charge in [0.2, 0.25) is 0 Å². The molecule has 1 unspecified atom stereocenters. The molecule has 1 N–H and O–H groups in total. The van der Waals surface area contributed by atoms with Gasteiger partial charge in [-0.05, 0) is 34.0 Å². The van der Waals surface area contributed by atoms with Gasteiger partial charge < -0.3 is 5.32 Å². The second-order valence-corrected chi connectivity index (χ2v) is 4.45. The molecule has 0 saturated carbocycles. The van der Waals surface area contributed by atoms with E-state index in [4.69, 9.17) is 11.6 Å². The van der Waals surface area contributed by atoms with Crippen LogP contribution in [0.3, 0.4) is 0 Å². The lowest BCUT2D eigenvalue weighted by Crippen LogP contribution is -2.29. The first-order chi connectivity index (χ1) is 7.19. The summed E-state index contributed by atoms with van der Waals surface area (Å²) in [6.45, 7) is 2.70. The second-order valence-electron chi connectivity index (χ2n) is 3.35. The van der Waals surface area contributed by atoms with Crippen LogP contribution < -0.4 is 5.32 Å². The van der Waals surface area contributed by atoms with Crippen LogP contribution in [-0.2, 0) is 6.54 Å². The zero-order chi connectivity index (χ0) is 11.3. The van der Waals surface area contributed by atoms with Crippen molar-refractivity contribution in [2.45, 2.75) is 25.9 Å². The van der Waals surface area contributed by atoms with E-state index in [2.05, 4.69) is 28.2 Å². The van der Waals surface area contributed by atoms with Crippen LogP contribution in [0, 0.1) is 5.82 Å². The standard InChI is InChI=1S/C11H14BrClFN/c1-2-9(6-13)15-7-8-4-3-5-10(14)11(8)12/h3-5,9,15H,2,6-7H2,1H3. The summed E-state index contributed by atoms with van der Waals surface area (Å²) in [6.07, 6.45) is 0.969. The summed E-state index contributed by atoms with van der Waals surface area (Å²) >= 11 is 8.98. The molecule has 0 fully saturated rings. The molecule has 0 radical (unpaired) electrons. The SMILES string of the molecule is CCC(CCl)NCc1cccc(F)c1Br. The number of rotatable bonds is 5. The van der Waals surface area contributed by atoms with E-state index in [0.717, 1.165) is 12.0 Å². The van der Waals surface area contributed by atoms with E-state index in [0.29, 0.717) is 16.9 Å². The van der Waals surface area contributed by atoms with Gasteiger partial charge in [-0.1, -0.05) is 19.1 Å².